The van der Waals surface area contributed by atoms with E-state index in [-0.39, 0.29) is 30.1 Å². The minimum atomic E-state index is -1.21. The van der Waals surface area contributed by atoms with Crippen LogP contribution >= 0.6 is 0 Å². The number of carbonyl (C=O) groups is 2. The number of ether oxygens (including phenoxy) is 1. The van der Waals surface area contributed by atoms with Crippen LogP contribution in [0.15, 0.2) is 23.8 Å². The Morgan fingerprint density at radius 3 is 2.20 bits per heavy atom. The maximum absolute atomic E-state index is 10.9. The second kappa shape index (κ2) is 4.75. The molecule has 0 aromatic carbocycles. The van der Waals surface area contributed by atoms with Crippen LogP contribution in [0.5, 0.6) is 0 Å². The van der Waals surface area contributed by atoms with Crippen molar-refractivity contribution in [2.45, 2.75) is 18.9 Å². The van der Waals surface area contributed by atoms with E-state index in [2.05, 4.69) is 6.58 Å². The van der Waals surface area contributed by atoms with Gasteiger partial charge < -0.3 is 14.9 Å². The van der Waals surface area contributed by atoms with Crippen molar-refractivity contribution in [1.82, 2.24) is 0 Å². The lowest BCUT2D eigenvalue weighted by Crippen LogP contribution is -2.13. The molecule has 0 bridgehead atoms. The predicted octanol–water partition coefficient (Wildman–Crippen LogP) is 0.817. The summed E-state index contributed by atoms with van der Waals surface area (Å²) in [5, 5.41) is 17.7. The van der Waals surface area contributed by atoms with Crippen molar-refractivity contribution in [1.29, 1.82) is 0 Å². The number of carboxylic acid groups (broad SMARTS) is 2. The van der Waals surface area contributed by atoms with Crippen molar-refractivity contribution in [3.05, 3.63) is 23.8 Å². The molecule has 1 aliphatic rings. The van der Waals surface area contributed by atoms with E-state index in [4.69, 9.17) is 14.9 Å². The Labute approximate surface area is 86.7 Å². The summed E-state index contributed by atoms with van der Waals surface area (Å²) in [4.78, 5) is 21.7. The standard InChI is InChI=1S/C10H12O5/c1-2-3-7(9(11)12)8(10(13)14)4-6-5-15-6/h2,6H,1,3-5H2,(H,11,12)(H,13,14)/b8-7+. The summed E-state index contributed by atoms with van der Waals surface area (Å²) in [7, 11) is 0. The van der Waals surface area contributed by atoms with Crippen LogP contribution in [0.25, 0.3) is 0 Å². The van der Waals surface area contributed by atoms with Gasteiger partial charge in [-0.15, -0.1) is 6.58 Å². The largest absolute Gasteiger partial charge is 0.478 e. The molecule has 1 atom stereocenters. The van der Waals surface area contributed by atoms with E-state index >= 15 is 0 Å². The number of hydrogen-bond donors (Lipinski definition) is 2. The molecule has 0 saturated carbocycles. The maximum Gasteiger partial charge on any atom is 0.332 e. The van der Waals surface area contributed by atoms with Gasteiger partial charge in [0.25, 0.3) is 0 Å². The van der Waals surface area contributed by atoms with Gasteiger partial charge >= 0.3 is 11.9 Å². The van der Waals surface area contributed by atoms with Crippen LogP contribution in [0.4, 0.5) is 0 Å². The highest BCUT2D eigenvalue weighted by Crippen LogP contribution is 2.23. The summed E-state index contributed by atoms with van der Waals surface area (Å²) in [6.07, 6.45) is 1.42. The first-order valence-electron chi connectivity index (χ1n) is 4.47. The SMILES string of the molecule is C=CC/C(C(=O)O)=C(/CC1CO1)C(=O)O. The molecule has 82 valence electrons. The fourth-order valence-electron chi connectivity index (χ4n) is 1.24. The molecule has 0 aromatic rings. The van der Waals surface area contributed by atoms with Crippen molar-refractivity contribution in [2.75, 3.05) is 6.61 Å². The zero-order valence-electron chi connectivity index (χ0n) is 8.10. The van der Waals surface area contributed by atoms with Crippen molar-refractivity contribution in [2.24, 2.45) is 0 Å². The molecule has 1 aliphatic heterocycles. The first kappa shape index (κ1) is 11.5. The van der Waals surface area contributed by atoms with Crippen molar-refractivity contribution in [3.63, 3.8) is 0 Å². The molecular weight excluding hydrogens is 200 g/mol. The van der Waals surface area contributed by atoms with Gasteiger partial charge in [0.1, 0.15) is 0 Å². The fourth-order valence-corrected chi connectivity index (χ4v) is 1.24. The monoisotopic (exact) mass is 212 g/mol. The van der Waals surface area contributed by atoms with Gasteiger partial charge in [0, 0.05) is 6.42 Å². The minimum absolute atomic E-state index is 0.0453. The van der Waals surface area contributed by atoms with Crippen LogP contribution in [-0.2, 0) is 14.3 Å². The van der Waals surface area contributed by atoms with Gasteiger partial charge in [-0.05, 0) is 6.42 Å². The summed E-state index contributed by atoms with van der Waals surface area (Å²) in [6.45, 7) is 3.90. The Hall–Kier alpha value is -1.62. The Morgan fingerprint density at radius 2 is 1.87 bits per heavy atom. The molecule has 1 rings (SSSR count). The zero-order chi connectivity index (χ0) is 11.4. The van der Waals surface area contributed by atoms with E-state index < -0.39 is 11.9 Å². The van der Waals surface area contributed by atoms with Crippen LogP contribution in [0.1, 0.15) is 12.8 Å². The predicted molar refractivity (Wildman–Crippen MR) is 51.5 cm³/mol. The van der Waals surface area contributed by atoms with E-state index in [1.54, 1.807) is 0 Å². The molecule has 1 heterocycles. The Morgan fingerprint density at radius 1 is 1.33 bits per heavy atom. The van der Waals surface area contributed by atoms with Crippen LogP contribution in [0.2, 0.25) is 0 Å². The van der Waals surface area contributed by atoms with E-state index in [9.17, 15) is 9.59 Å². The molecule has 15 heavy (non-hydrogen) atoms. The molecule has 0 amide bonds. The average Bonchev–Trinajstić information content (AvgIpc) is 2.93. The van der Waals surface area contributed by atoms with Crippen molar-refractivity contribution >= 4 is 11.9 Å². The minimum Gasteiger partial charge on any atom is -0.478 e. The average molecular weight is 212 g/mol. The van der Waals surface area contributed by atoms with Gasteiger partial charge in [-0.25, -0.2) is 9.59 Å². The molecule has 0 spiro atoms. The number of epoxide rings is 1. The summed E-state index contributed by atoms with van der Waals surface area (Å²) >= 11 is 0. The third-order valence-corrected chi connectivity index (χ3v) is 2.06. The molecule has 5 heteroatoms. The fraction of sp³-hybridized carbons (Fsp3) is 0.400. The van der Waals surface area contributed by atoms with E-state index in [0.717, 1.165) is 0 Å². The van der Waals surface area contributed by atoms with Gasteiger partial charge in [0.2, 0.25) is 0 Å². The number of aliphatic carboxylic acids is 2. The van der Waals surface area contributed by atoms with Crippen LogP contribution in [-0.4, -0.2) is 34.9 Å². The van der Waals surface area contributed by atoms with Gasteiger partial charge in [0.05, 0.1) is 23.9 Å². The number of hydrogen-bond acceptors (Lipinski definition) is 3. The molecule has 0 aromatic heterocycles. The summed E-state index contributed by atoms with van der Waals surface area (Å²) in [5.74, 6) is -2.42. The Kier molecular flexibility index (Phi) is 3.62. The van der Waals surface area contributed by atoms with Crippen LogP contribution in [0.3, 0.4) is 0 Å². The quantitative estimate of drug-likeness (QED) is 0.386. The van der Waals surface area contributed by atoms with Gasteiger partial charge in [-0.1, -0.05) is 6.08 Å². The molecule has 0 radical (unpaired) electrons. The highest BCUT2D eigenvalue weighted by molar-refractivity contribution is 5.99. The second-order valence-corrected chi connectivity index (χ2v) is 3.22. The third kappa shape index (κ3) is 3.21. The topological polar surface area (TPSA) is 87.1 Å². The summed E-state index contributed by atoms with van der Waals surface area (Å²) < 4.78 is 4.88. The molecular formula is C10H12O5. The highest BCUT2D eigenvalue weighted by atomic mass is 16.6. The Balaban J connectivity index is 2.94. The molecule has 2 N–H and O–H groups in total. The smallest absolute Gasteiger partial charge is 0.332 e. The third-order valence-electron chi connectivity index (χ3n) is 2.06. The molecule has 1 saturated heterocycles. The normalized spacial score (nSPS) is 20.4. The Bertz CT molecular complexity index is 325. The second-order valence-electron chi connectivity index (χ2n) is 3.22. The lowest BCUT2D eigenvalue weighted by Gasteiger charge is -2.05. The number of carboxylic acids is 2. The highest BCUT2D eigenvalue weighted by Gasteiger charge is 2.29. The first-order valence-corrected chi connectivity index (χ1v) is 4.47. The first-order chi connectivity index (χ1) is 7.06. The molecule has 5 nitrogen and oxygen atoms in total. The lowest BCUT2D eigenvalue weighted by molar-refractivity contribution is -0.136. The van der Waals surface area contributed by atoms with Crippen LogP contribution in [0, 0.1) is 0 Å². The molecule has 1 unspecified atom stereocenters. The molecule has 1 fully saturated rings. The number of rotatable bonds is 6. The van der Waals surface area contributed by atoms with Gasteiger partial charge in [-0.3, -0.25) is 0 Å². The van der Waals surface area contributed by atoms with E-state index in [1.807, 2.05) is 0 Å². The van der Waals surface area contributed by atoms with E-state index in [1.165, 1.54) is 6.08 Å². The number of allylic oxidation sites excluding steroid dienone is 1. The lowest BCUT2D eigenvalue weighted by atomic mass is 10.0. The van der Waals surface area contributed by atoms with Crippen LogP contribution < -0.4 is 0 Å². The van der Waals surface area contributed by atoms with Gasteiger partial charge in [-0.2, -0.15) is 0 Å². The summed E-state index contributed by atoms with van der Waals surface area (Å²) in [5.41, 5.74) is -0.210. The summed E-state index contributed by atoms with van der Waals surface area (Å²) in [6, 6.07) is 0. The van der Waals surface area contributed by atoms with Gasteiger partial charge in [0.15, 0.2) is 0 Å². The van der Waals surface area contributed by atoms with Crippen molar-refractivity contribution < 1.29 is 24.5 Å². The zero-order valence-corrected chi connectivity index (χ0v) is 8.10. The maximum atomic E-state index is 10.9. The van der Waals surface area contributed by atoms with Crippen molar-refractivity contribution in [3.8, 4) is 0 Å². The van der Waals surface area contributed by atoms with E-state index in [0.29, 0.717) is 6.61 Å². The molecule has 0 aliphatic carbocycles.